The highest BCUT2D eigenvalue weighted by molar-refractivity contribution is 7.87. The summed E-state index contributed by atoms with van der Waals surface area (Å²) >= 11 is 0. The van der Waals surface area contributed by atoms with Gasteiger partial charge in [-0.15, -0.1) is 0 Å². The second-order valence-electron chi connectivity index (χ2n) is 6.12. The number of para-hydroxylation sites is 1. The molecule has 0 saturated carbocycles. The van der Waals surface area contributed by atoms with Crippen LogP contribution in [-0.2, 0) is 10.2 Å². The lowest BCUT2D eigenvalue weighted by Crippen LogP contribution is -2.46. The van der Waals surface area contributed by atoms with E-state index in [-0.39, 0.29) is 0 Å². The lowest BCUT2D eigenvalue weighted by molar-refractivity contribution is 0.278. The van der Waals surface area contributed by atoms with Gasteiger partial charge in [0, 0.05) is 38.9 Å². The first-order chi connectivity index (χ1) is 10.5. The zero-order valence-corrected chi connectivity index (χ0v) is 14.3. The first kappa shape index (κ1) is 17.2. The van der Waals surface area contributed by atoms with E-state index in [0.29, 0.717) is 25.6 Å². The van der Waals surface area contributed by atoms with E-state index in [9.17, 15) is 8.42 Å². The van der Waals surface area contributed by atoms with Crippen molar-refractivity contribution in [2.24, 2.45) is 5.92 Å². The Hall–Kier alpha value is -1.11. The minimum absolute atomic E-state index is 0.453. The van der Waals surface area contributed by atoms with Crippen LogP contribution in [-0.4, -0.2) is 45.9 Å². The predicted molar refractivity (Wildman–Crippen MR) is 91.2 cm³/mol. The number of piperidine rings is 1. The van der Waals surface area contributed by atoms with Crippen LogP contribution in [0.15, 0.2) is 30.3 Å². The van der Waals surface area contributed by atoms with Gasteiger partial charge in [-0.25, -0.2) is 4.72 Å². The molecule has 1 atom stereocenters. The second-order valence-corrected chi connectivity index (χ2v) is 7.87. The topological polar surface area (TPSA) is 52.7 Å². The van der Waals surface area contributed by atoms with Crippen LogP contribution in [0.5, 0.6) is 0 Å². The fourth-order valence-electron chi connectivity index (χ4n) is 2.78. The number of hydrogen-bond acceptors (Lipinski definition) is 3. The van der Waals surface area contributed by atoms with Crippen molar-refractivity contribution >= 4 is 15.9 Å². The molecule has 1 saturated heterocycles. The van der Waals surface area contributed by atoms with Crippen molar-refractivity contribution < 1.29 is 8.42 Å². The van der Waals surface area contributed by atoms with Crippen molar-refractivity contribution in [2.45, 2.75) is 26.2 Å². The molecule has 1 aliphatic rings. The molecule has 0 spiro atoms. The Morgan fingerprint density at radius 3 is 2.73 bits per heavy atom. The van der Waals surface area contributed by atoms with Crippen molar-refractivity contribution in [3.63, 3.8) is 0 Å². The quantitative estimate of drug-likeness (QED) is 0.781. The molecule has 0 aromatic heterocycles. The van der Waals surface area contributed by atoms with Crippen molar-refractivity contribution in [1.29, 1.82) is 0 Å². The van der Waals surface area contributed by atoms with Crippen LogP contribution >= 0.6 is 0 Å². The highest BCUT2D eigenvalue weighted by atomic mass is 32.2. The van der Waals surface area contributed by atoms with E-state index in [1.165, 1.54) is 0 Å². The SMILES string of the molecule is C[C@H]1CCCN(S(=O)(=O)NCCCN(C)c2ccccc2)C1. The maximum Gasteiger partial charge on any atom is 0.279 e. The summed E-state index contributed by atoms with van der Waals surface area (Å²) in [6, 6.07) is 10.1. The maximum absolute atomic E-state index is 12.2. The Morgan fingerprint density at radius 1 is 1.32 bits per heavy atom. The Bertz CT molecular complexity index is 548. The molecule has 0 radical (unpaired) electrons. The average molecular weight is 325 g/mol. The molecule has 1 N–H and O–H groups in total. The molecule has 124 valence electrons. The number of hydrogen-bond donors (Lipinski definition) is 1. The van der Waals surface area contributed by atoms with Gasteiger partial charge in [-0.3, -0.25) is 0 Å². The van der Waals surface area contributed by atoms with Crippen molar-refractivity contribution in [3.05, 3.63) is 30.3 Å². The summed E-state index contributed by atoms with van der Waals surface area (Å²) in [6.07, 6.45) is 2.86. The number of benzene rings is 1. The molecule has 2 rings (SSSR count). The van der Waals surface area contributed by atoms with Crippen molar-refractivity contribution in [2.75, 3.05) is 38.1 Å². The second kappa shape index (κ2) is 7.94. The first-order valence-corrected chi connectivity index (χ1v) is 9.44. The largest absolute Gasteiger partial charge is 0.375 e. The fourth-order valence-corrected chi connectivity index (χ4v) is 4.19. The lowest BCUT2D eigenvalue weighted by atomic mass is 10.0. The van der Waals surface area contributed by atoms with Crippen LogP contribution < -0.4 is 9.62 Å². The minimum atomic E-state index is -3.31. The Balaban J connectivity index is 1.73. The predicted octanol–water partition coefficient (Wildman–Crippen LogP) is 2.08. The highest BCUT2D eigenvalue weighted by Gasteiger charge is 2.26. The highest BCUT2D eigenvalue weighted by Crippen LogP contribution is 2.17. The maximum atomic E-state index is 12.2. The van der Waals surface area contributed by atoms with Gasteiger partial charge in [0.15, 0.2) is 0 Å². The molecule has 22 heavy (non-hydrogen) atoms. The summed E-state index contributed by atoms with van der Waals surface area (Å²) in [5.74, 6) is 0.453. The van der Waals surface area contributed by atoms with E-state index < -0.39 is 10.2 Å². The Morgan fingerprint density at radius 2 is 2.05 bits per heavy atom. The van der Waals surface area contributed by atoms with Crippen LogP contribution in [0.4, 0.5) is 5.69 Å². The normalized spacial score (nSPS) is 20.0. The molecule has 5 nitrogen and oxygen atoms in total. The molecular weight excluding hydrogens is 298 g/mol. The lowest BCUT2D eigenvalue weighted by Gasteiger charge is -2.30. The molecule has 0 unspecified atom stereocenters. The Kier molecular flexibility index (Phi) is 6.23. The molecule has 1 aromatic rings. The summed E-state index contributed by atoms with van der Waals surface area (Å²) in [4.78, 5) is 2.14. The first-order valence-electron chi connectivity index (χ1n) is 8.00. The minimum Gasteiger partial charge on any atom is -0.375 e. The van der Waals surface area contributed by atoms with Gasteiger partial charge < -0.3 is 4.90 Å². The zero-order chi connectivity index (χ0) is 16.0. The summed E-state index contributed by atoms with van der Waals surface area (Å²) in [5.41, 5.74) is 1.15. The molecule has 0 aliphatic carbocycles. The summed E-state index contributed by atoms with van der Waals surface area (Å²) in [7, 11) is -1.29. The van der Waals surface area contributed by atoms with E-state index >= 15 is 0 Å². The molecule has 1 aromatic carbocycles. The van der Waals surface area contributed by atoms with E-state index in [1.54, 1.807) is 4.31 Å². The third-order valence-electron chi connectivity index (χ3n) is 4.11. The van der Waals surface area contributed by atoms with E-state index in [0.717, 1.165) is 31.5 Å². The van der Waals surface area contributed by atoms with Crippen molar-refractivity contribution in [3.8, 4) is 0 Å². The van der Waals surface area contributed by atoms with Gasteiger partial charge in [-0.2, -0.15) is 12.7 Å². The van der Waals surface area contributed by atoms with E-state index in [1.807, 2.05) is 25.2 Å². The molecule has 1 fully saturated rings. The standard InChI is InChI=1S/C16H27N3O2S/c1-15-8-6-13-19(14-15)22(20,21)17-11-7-12-18(2)16-9-4-3-5-10-16/h3-5,9-10,15,17H,6-8,11-14H2,1-2H3/t15-/m0/s1. The van der Waals surface area contributed by atoms with E-state index in [4.69, 9.17) is 0 Å². The number of anilines is 1. The molecule has 6 heteroatoms. The zero-order valence-electron chi connectivity index (χ0n) is 13.5. The van der Waals surface area contributed by atoms with Gasteiger partial charge >= 0.3 is 0 Å². The molecular formula is C16H27N3O2S. The third-order valence-corrected chi connectivity index (χ3v) is 5.69. The van der Waals surface area contributed by atoms with Crippen LogP contribution in [0.1, 0.15) is 26.2 Å². The van der Waals surface area contributed by atoms with Gasteiger partial charge in [0.05, 0.1) is 0 Å². The van der Waals surface area contributed by atoms with Gasteiger partial charge in [0.25, 0.3) is 10.2 Å². The number of rotatable bonds is 7. The molecule has 1 heterocycles. The summed E-state index contributed by atoms with van der Waals surface area (Å²) < 4.78 is 28.8. The smallest absolute Gasteiger partial charge is 0.279 e. The molecule has 1 aliphatic heterocycles. The van der Waals surface area contributed by atoms with Gasteiger partial charge in [0.1, 0.15) is 0 Å². The van der Waals surface area contributed by atoms with Gasteiger partial charge in [-0.1, -0.05) is 25.1 Å². The van der Waals surface area contributed by atoms with Crippen LogP contribution in [0.25, 0.3) is 0 Å². The van der Waals surface area contributed by atoms with E-state index in [2.05, 4.69) is 28.7 Å². The Labute approximate surface area is 134 Å². The fraction of sp³-hybridized carbons (Fsp3) is 0.625. The third kappa shape index (κ3) is 4.97. The average Bonchev–Trinajstić information content (AvgIpc) is 2.52. The number of nitrogens with one attached hydrogen (secondary N) is 1. The monoisotopic (exact) mass is 325 g/mol. The molecule has 0 bridgehead atoms. The summed E-state index contributed by atoms with van der Waals surface area (Å²) in [5, 5.41) is 0. The van der Waals surface area contributed by atoms with Gasteiger partial charge in [0.2, 0.25) is 0 Å². The van der Waals surface area contributed by atoms with Crippen LogP contribution in [0.2, 0.25) is 0 Å². The van der Waals surface area contributed by atoms with Crippen molar-refractivity contribution in [1.82, 2.24) is 9.03 Å². The summed E-state index contributed by atoms with van der Waals surface area (Å²) in [6.45, 7) is 4.69. The number of nitrogens with zero attached hydrogens (tertiary/aromatic N) is 2. The van der Waals surface area contributed by atoms with Gasteiger partial charge in [-0.05, 0) is 37.3 Å². The molecule has 0 amide bonds. The van der Waals surface area contributed by atoms with Crippen LogP contribution in [0, 0.1) is 5.92 Å². The van der Waals surface area contributed by atoms with Crippen LogP contribution in [0.3, 0.4) is 0 Å².